The van der Waals surface area contributed by atoms with Gasteiger partial charge in [0.2, 0.25) is 0 Å². The summed E-state index contributed by atoms with van der Waals surface area (Å²) in [6, 6.07) is 2.99. The van der Waals surface area contributed by atoms with Gasteiger partial charge < -0.3 is 10.2 Å². The van der Waals surface area contributed by atoms with E-state index in [2.05, 4.69) is 10.4 Å². The highest BCUT2D eigenvalue weighted by molar-refractivity contribution is 5.98. The third-order valence-corrected chi connectivity index (χ3v) is 3.69. The lowest BCUT2D eigenvalue weighted by Crippen LogP contribution is -2.15. The van der Waals surface area contributed by atoms with Crippen molar-refractivity contribution < 1.29 is 9.13 Å². The Kier molecular flexibility index (Phi) is 2.98. The van der Waals surface area contributed by atoms with E-state index in [0.717, 1.165) is 42.6 Å². The van der Waals surface area contributed by atoms with Gasteiger partial charge in [0.25, 0.3) is 0 Å². The largest absolute Gasteiger partial charge is 0.496 e. The van der Waals surface area contributed by atoms with E-state index in [4.69, 9.17) is 10.6 Å². The Morgan fingerprint density at radius 2 is 2.11 bits per heavy atom. The molecule has 1 aromatic carbocycles. The number of aryl methyl sites for hydroxylation is 1. The van der Waals surface area contributed by atoms with Gasteiger partial charge in [-0.25, -0.2) is 9.37 Å². The van der Waals surface area contributed by atoms with Gasteiger partial charge in [0.15, 0.2) is 0 Å². The Balaban J connectivity index is 2.42. The molecule has 0 amide bonds. The first-order valence-corrected chi connectivity index (χ1v) is 6.41. The van der Waals surface area contributed by atoms with Gasteiger partial charge in [0.1, 0.15) is 17.1 Å². The molecule has 0 radical (unpaired) electrons. The highest BCUT2D eigenvalue weighted by Gasteiger charge is 2.21. The number of nitrogen functional groups attached to an aromatic ring is 1. The number of halogens is 1. The first kappa shape index (κ1) is 12.2. The molecule has 1 aliphatic carbocycles. The molecule has 1 aromatic heterocycles. The molecule has 0 unspecified atom stereocenters. The van der Waals surface area contributed by atoms with Crippen molar-refractivity contribution >= 4 is 16.6 Å². The fourth-order valence-corrected chi connectivity index (χ4v) is 2.80. The molecule has 0 spiro atoms. The summed E-state index contributed by atoms with van der Waals surface area (Å²) < 4.78 is 19.3. The predicted octanol–water partition coefficient (Wildman–Crippen LogP) is 2.55. The Hall–Kier alpha value is -1.88. The third kappa shape index (κ3) is 1.81. The maximum Gasteiger partial charge on any atom is 0.149 e. The molecular weight excluding hydrogens is 245 g/mol. The number of benzene rings is 1. The summed E-state index contributed by atoms with van der Waals surface area (Å²) in [6.07, 6.45) is 3.97. The molecule has 19 heavy (non-hydrogen) atoms. The van der Waals surface area contributed by atoms with E-state index >= 15 is 0 Å². The van der Waals surface area contributed by atoms with Crippen molar-refractivity contribution in [1.82, 2.24) is 4.98 Å². The van der Waals surface area contributed by atoms with Gasteiger partial charge in [0, 0.05) is 5.69 Å². The highest BCUT2D eigenvalue weighted by atomic mass is 19.1. The maximum absolute atomic E-state index is 14.0. The lowest BCUT2D eigenvalue weighted by atomic mass is 9.92. The number of pyridine rings is 1. The average Bonchev–Trinajstić information content (AvgIpc) is 2.46. The minimum absolute atomic E-state index is 0.327. The summed E-state index contributed by atoms with van der Waals surface area (Å²) in [7, 11) is 1.56. The number of aromatic nitrogens is 1. The molecule has 0 atom stereocenters. The van der Waals surface area contributed by atoms with Gasteiger partial charge in [-0.05, 0) is 43.4 Å². The van der Waals surface area contributed by atoms with E-state index in [-0.39, 0.29) is 5.82 Å². The maximum atomic E-state index is 14.0. The number of rotatable bonds is 2. The van der Waals surface area contributed by atoms with E-state index in [0.29, 0.717) is 16.7 Å². The van der Waals surface area contributed by atoms with Crippen LogP contribution in [-0.4, -0.2) is 12.1 Å². The van der Waals surface area contributed by atoms with Crippen LogP contribution in [0.25, 0.3) is 10.9 Å². The fraction of sp³-hybridized carbons (Fsp3) is 0.357. The Labute approximate surface area is 110 Å². The molecule has 2 aromatic rings. The summed E-state index contributed by atoms with van der Waals surface area (Å²) in [6.45, 7) is 0. The van der Waals surface area contributed by atoms with Crippen LogP contribution in [-0.2, 0) is 12.8 Å². The number of nitrogens with one attached hydrogen (secondary N) is 1. The number of nitrogens with zero attached hydrogens (tertiary/aromatic N) is 1. The van der Waals surface area contributed by atoms with Crippen molar-refractivity contribution in [2.24, 2.45) is 5.84 Å². The second kappa shape index (κ2) is 4.66. The summed E-state index contributed by atoms with van der Waals surface area (Å²) in [5, 5.41) is 0.630. The van der Waals surface area contributed by atoms with E-state index in [9.17, 15) is 4.39 Å². The van der Waals surface area contributed by atoms with E-state index < -0.39 is 0 Å². The highest BCUT2D eigenvalue weighted by Crippen LogP contribution is 2.38. The van der Waals surface area contributed by atoms with Crippen LogP contribution < -0.4 is 16.0 Å². The number of hydrogen-bond acceptors (Lipinski definition) is 4. The Morgan fingerprint density at radius 1 is 1.32 bits per heavy atom. The fourth-order valence-electron chi connectivity index (χ4n) is 2.80. The standard InChI is InChI=1S/C14H16FN3O/c1-19-11-7-6-9(15)14-12(11)13(18-16)8-4-2-3-5-10(8)17-14/h6-7H,2-5,16H2,1H3,(H,17,18). The van der Waals surface area contributed by atoms with E-state index in [1.807, 2.05) is 0 Å². The van der Waals surface area contributed by atoms with Crippen molar-refractivity contribution in [3.8, 4) is 5.75 Å². The number of fused-ring (bicyclic) bond motifs is 2. The lowest BCUT2D eigenvalue weighted by molar-refractivity contribution is 0.419. The number of hydrazine groups is 1. The SMILES string of the molecule is COc1ccc(F)c2nc3c(c(NN)c12)CCCC3. The van der Waals surface area contributed by atoms with Crippen LogP contribution in [0.2, 0.25) is 0 Å². The summed E-state index contributed by atoms with van der Waals surface area (Å²) in [5.41, 5.74) is 5.82. The van der Waals surface area contributed by atoms with Gasteiger partial charge in [-0.15, -0.1) is 0 Å². The number of nitrogens with two attached hydrogens (primary N) is 1. The molecule has 3 N–H and O–H groups in total. The number of hydrogen-bond donors (Lipinski definition) is 2. The van der Waals surface area contributed by atoms with Crippen molar-refractivity contribution in [3.05, 3.63) is 29.2 Å². The normalized spacial score (nSPS) is 14.3. The number of anilines is 1. The van der Waals surface area contributed by atoms with Crippen molar-refractivity contribution in [3.63, 3.8) is 0 Å². The molecule has 1 aliphatic rings. The lowest BCUT2D eigenvalue weighted by Gasteiger charge is -2.21. The van der Waals surface area contributed by atoms with Crippen LogP contribution in [0.3, 0.4) is 0 Å². The summed E-state index contributed by atoms with van der Waals surface area (Å²) in [5.74, 6) is 5.90. The summed E-state index contributed by atoms with van der Waals surface area (Å²) >= 11 is 0. The molecule has 100 valence electrons. The van der Waals surface area contributed by atoms with Crippen LogP contribution in [0.1, 0.15) is 24.1 Å². The first-order valence-electron chi connectivity index (χ1n) is 6.41. The monoisotopic (exact) mass is 261 g/mol. The molecule has 4 nitrogen and oxygen atoms in total. The number of ether oxygens (including phenoxy) is 1. The molecule has 1 heterocycles. The van der Waals surface area contributed by atoms with Crippen LogP contribution in [0.5, 0.6) is 5.75 Å². The van der Waals surface area contributed by atoms with Gasteiger partial charge in [-0.1, -0.05) is 0 Å². The number of methoxy groups -OCH3 is 1. The second-order valence-corrected chi connectivity index (χ2v) is 4.74. The topological polar surface area (TPSA) is 60.2 Å². The van der Waals surface area contributed by atoms with Crippen LogP contribution in [0.15, 0.2) is 12.1 Å². The summed E-state index contributed by atoms with van der Waals surface area (Å²) in [4.78, 5) is 4.48. The van der Waals surface area contributed by atoms with Crippen molar-refractivity contribution in [2.75, 3.05) is 12.5 Å². The quantitative estimate of drug-likeness (QED) is 0.644. The minimum Gasteiger partial charge on any atom is -0.496 e. The van der Waals surface area contributed by atoms with Crippen LogP contribution in [0.4, 0.5) is 10.1 Å². The Morgan fingerprint density at radius 3 is 2.84 bits per heavy atom. The molecule has 0 fully saturated rings. The van der Waals surface area contributed by atoms with Gasteiger partial charge in [0.05, 0.1) is 18.2 Å². The Bertz CT molecular complexity index is 642. The van der Waals surface area contributed by atoms with Gasteiger partial charge in [-0.2, -0.15) is 0 Å². The molecule has 5 heteroatoms. The van der Waals surface area contributed by atoms with E-state index in [1.165, 1.54) is 6.07 Å². The molecule has 0 saturated carbocycles. The van der Waals surface area contributed by atoms with Gasteiger partial charge >= 0.3 is 0 Å². The molecular formula is C14H16FN3O. The third-order valence-electron chi connectivity index (χ3n) is 3.69. The van der Waals surface area contributed by atoms with Crippen LogP contribution in [0, 0.1) is 5.82 Å². The molecule has 0 aliphatic heterocycles. The zero-order valence-electron chi connectivity index (χ0n) is 10.8. The van der Waals surface area contributed by atoms with Gasteiger partial charge in [-0.3, -0.25) is 5.84 Å². The predicted molar refractivity (Wildman–Crippen MR) is 72.7 cm³/mol. The van der Waals surface area contributed by atoms with E-state index in [1.54, 1.807) is 13.2 Å². The zero-order chi connectivity index (χ0) is 13.4. The zero-order valence-corrected chi connectivity index (χ0v) is 10.8. The van der Waals surface area contributed by atoms with Crippen LogP contribution >= 0.6 is 0 Å². The average molecular weight is 261 g/mol. The van der Waals surface area contributed by atoms with Crippen molar-refractivity contribution in [2.45, 2.75) is 25.7 Å². The molecule has 0 saturated heterocycles. The molecule has 0 bridgehead atoms. The second-order valence-electron chi connectivity index (χ2n) is 4.74. The smallest absolute Gasteiger partial charge is 0.149 e. The molecule has 3 rings (SSSR count). The van der Waals surface area contributed by atoms with Crippen molar-refractivity contribution in [1.29, 1.82) is 0 Å². The first-order chi connectivity index (χ1) is 9.26. The minimum atomic E-state index is -0.347.